The van der Waals surface area contributed by atoms with E-state index in [0.717, 1.165) is 32.1 Å². The zero-order valence-corrected chi connectivity index (χ0v) is 14.5. The Kier molecular flexibility index (Phi) is 6.92. The van der Waals surface area contributed by atoms with Crippen molar-refractivity contribution in [3.05, 3.63) is 0 Å². The van der Waals surface area contributed by atoms with Gasteiger partial charge in [-0.1, -0.05) is 19.3 Å². The summed E-state index contributed by atoms with van der Waals surface area (Å²) in [6, 6.07) is -0.0539. The molecule has 1 saturated carbocycles. The molecule has 3 N–H and O–H groups in total. The lowest BCUT2D eigenvalue weighted by Crippen LogP contribution is -2.49. The fraction of sp³-hybridized carbons (Fsp3) is 0.875. The van der Waals surface area contributed by atoms with Crippen molar-refractivity contribution in [2.45, 2.75) is 56.8 Å². The first-order valence-electron chi connectivity index (χ1n) is 8.82. The summed E-state index contributed by atoms with van der Waals surface area (Å²) in [6.45, 7) is 0.508. The maximum Gasteiger partial charge on any atom is 0.416 e. The molecule has 0 aromatic heterocycles. The number of aliphatic imine (C=N–C) groups is 1. The van der Waals surface area contributed by atoms with Crippen LogP contribution in [0.2, 0.25) is 0 Å². The maximum absolute atomic E-state index is 12.5. The average Bonchev–Trinajstić information content (AvgIpc) is 3.06. The molecule has 2 rings (SSSR count). The van der Waals surface area contributed by atoms with Crippen LogP contribution in [-0.4, -0.2) is 66.9 Å². The highest BCUT2D eigenvalue weighted by Crippen LogP contribution is 2.26. The van der Waals surface area contributed by atoms with Crippen LogP contribution < -0.4 is 10.6 Å². The van der Waals surface area contributed by atoms with Gasteiger partial charge >= 0.3 is 6.18 Å². The van der Waals surface area contributed by atoms with E-state index in [1.54, 1.807) is 0 Å². The van der Waals surface area contributed by atoms with Crippen molar-refractivity contribution in [1.29, 1.82) is 0 Å². The quantitative estimate of drug-likeness (QED) is 0.518. The molecule has 144 valence electrons. The minimum absolute atomic E-state index is 0.0539. The van der Waals surface area contributed by atoms with Crippen LogP contribution in [0.4, 0.5) is 13.2 Å². The number of guanidine groups is 1. The summed E-state index contributed by atoms with van der Waals surface area (Å²) in [4.78, 5) is 18.2. The molecular formula is C16H27F3N4O2. The zero-order chi connectivity index (χ0) is 18.4. The summed E-state index contributed by atoms with van der Waals surface area (Å²) in [5.41, 5.74) is 0. The number of halogens is 3. The van der Waals surface area contributed by atoms with Crippen molar-refractivity contribution < 1.29 is 23.1 Å². The number of hydrogen-bond donors (Lipinski definition) is 3. The molecule has 0 aromatic carbocycles. The molecule has 2 unspecified atom stereocenters. The standard InChI is InChI=1S/C16H27F3N4O2/c1-20-15(21-9-13(24)16(17,18)19)22-12-7-8-23(10-12)14(25)11-5-3-2-4-6-11/h11-13,24H,2-10H2,1H3,(H2,20,21,22). The van der Waals surface area contributed by atoms with E-state index in [1.807, 2.05) is 4.90 Å². The molecule has 25 heavy (non-hydrogen) atoms. The zero-order valence-electron chi connectivity index (χ0n) is 14.5. The number of alkyl halides is 3. The minimum Gasteiger partial charge on any atom is -0.382 e. The second-order valence-corrected chi connectivity index (χ2v) is 6.76. The number of nitrogens with zero attached hydrogens (tertiary/aromatic N) is 2. The van der Waals surface area contributed by atoms with E-state index in [1.165, 1.54) is 13.5 Å². The fourth-order valence-corrected chi connectivity index (χ4v) is 3.38. The van der Waals surface area contributed by atoms with Crippen LogP contribution in [0.25, 0.3) is 0 Å². The molecule has 2 atom stereocenters. The molecular weight excluding hydrogens is 337 g/mol. The Morgan fingerprint density at radius 3 is 2.56 bits per heavy atom. The van der Waals surface area contributed by atoms with Crippen LogP contribution in [0.3, 0.4) is 0 Å². The van der Waals surface area contributed by atoms with Gasteiger partial charge in [-0.2, -0.15) is 13.2 Å². The largest absolute Gasteiger partial charge is 0.416 e. The summed E-state index contributed by atoms with van der Waals surface area (Å²) in [5.74, 6) is 0.506. The van der Waals surface area contributed by atoms with Crippen molar-refractivity contribution in [3.63, 3.8) is 0 Å². The number of carbonyl (C=O) groups is 1. The van der Waals surface area contributed by atoms with E-state index in [0.29, 0.717) is 13.1 Å². The van der Waals surface area contributed by atoms with Gasteiger partial charge in [0.25, 0.3) is 0 Å². The number of rotatable bonds is 4. The number of aliphatic hydroxyl groups is 1. The minimum atomic E-state index is -4.66. The molecule has 0 bridgehead atoms. The Hall–Kier alpha value is -1.51. The second-order valence-electron chi connectivity index (χ2n) is 6.76. The van der Waals surface area contributed by atoms with Gasteiger partial charge in [-0.3, -0.25) is 9.79 Å². The lowest BCUT2D eigenvalue weighted by Gasteiger charge is -2.26. The van der Waals surface area contributed by atoms with Crippen LogP contribution in [0, 0.1) is 5.92 Å². The van der Waals surface area contributed by atoms with Crippen molar-refractivity contribution in [2.24, 2.45) is 10.9 Å². The third-order valence-electron chi connectivity index (χ3n) is 4.86. The summed E-state index contributed by atoms with van der Waals surface area (Å²) in [6.07, 6.45) is -1.09. The molecule has 2 fully saturated rings. The van der Waals surface area contributed by atoms with Crippen LogP contribution in [0.5, 0.6) is 0 Å². The van der Waals surface area contributed by atoms with Crippen LogP contribution >= 0.6 is 0 Å². The number of hydrogen-bond acceptors (Lipinski definition) is 3. The van der Waals surface area contributed by atoms with E-state index >= 15 is 0 Å². The highest BCUT2D eigenvalue weighted by Gasteiger charge is 2.38. The fourth-order valence-electron chi connectivity index (χ4n) is 3.38. The molecule has 1 aliphatic carbocycles. The Bertz CT molecular complexity index is 478. The molecule has 6 nitrogen and oxygen atoms in total. The molecule has 0 aromatic rings. The lowest BCUT2D eigenvalue weighted by molar-refractivity contribution is -0.201. The van der Waals surface area contributed by atoms with Gasteiger partial charge in [0, 0.05) is 32.1 Å². The Balaban J connectivity index is 1.77. The lowest BCUT2D eigenvalue weighted by atomic mass is 9.88. The average molecular weight is 364 g/mol. The molecule has 1 heterocycles. The predicted molar refractivity (Wildman–Crippen MR) is 88.1 cm³/mol. The third kappa shape index (κ3) is 5.76. The van der Waals surface area contributed by atoms with Gasteiger partial charge in [-0.05, 0) is 19.3 Å². The number of aliphatic hydroxyl groups excluding tert-OH is 1. The van der Waals surface area contributed by atoms with Crippen molar-refractivity contribution in [1.82, 2.24) is 15.5 Å². The Labute approximate surface area is 145 Å². The van der Waals surface area contributed by atoms with Crippen LogP contribution in [0.1, 0.15) is 38.5 Å². The number of nitrogens with one attached hydrogen (secondary N) is 2. The third-order valence-corrected chi connectivity index (χ3v) is 4.86. The second kappa shape index (κ2) is 8.73. The highest BCUT2D eigenvalue weighted by atomic mass is 19.4. The Morgan fingerprint density at radius 2 is 1.96 bits per heavy atom. The molecule has 1 aliphatic heterocycles. The summed E-state index contributed by atoms with van der Waals surface area (Å²) in [5, 5.41) is 14.5. The summed E-state index contributed by atoms with van der Waals surface area (Å²) in [7, 11) is 1.45. The first-order chi connectivity index (χ1) is 11.8. The van der Waals surface area contributed by atoms with Gasteiger partial charge in [0.1, 0.15) is 0 Å². The van der Waals surface area contributed by atoms with E-state index in [-0.39, 0.29) is 23.8 Å². The summed E-state index contributed by atoms with van der Waals surface area (Å²) >= 11 is 0. The Morgan fingerprint density at radius 1 is 1.28 bits per heavy atom. The van der Waals surface area contributed by atoms with Gasteiger partial charge < -0.3 is 20.6 Å². The van der Waals surface area contributed by atoms with Gasteiger partial charge in [0.05, 0.1) is 6.54 Å². The van der Waals surface area contributed by atoms with Crippen molar-refractivity contribution in [3.8, 4) is 0 Å². The normalized spacial score (nSPS) is 24.3. The summed E-state index contributed by atoms with van der Waals surface area (Å²) < 4.78 is 37.0. The van der Waals surface area contributed by atoms with Gasteiger partial charge in [-0.25, -0.2) is 0 Å². The molecule has 1 saturated heterocycles. The number of likely N-dealkylation sites (tertiary alicyclic amines) is 1. The van der Waals surface area contributed by atoms with E-state index < -0.39 is 18.8 Å². The molecule has 9 heteroatoms. The van der Waals surface area contributed by atoms with E-state index in [4.69, 9.17) is 5.11 Å². The SMILES string of the molecule is CN=C(NCC(O)C(F)(F)F)NC1CCN(C(=O)C2CCCCC2)C1. The molecule has 0 spiro atoms. The smallest absolute Gasteiger partial charge is 0.382 e. The topological polar surface area (TPSA) is 77.0 Å². The van der Waals surface area contributed by atoms with Gasteiger partial charge in [-0.15, -0.1) is 0 Å². The van der Waals surface area contributed by atoms with Gasteiger partial charge in [0.15, 0.2) is 12.1 Å². The maximum atomic E-state index is 12.5. The number of carbonyl (C=O) groups excluding carboxylic acids is 1. The monoisotopic (exact) mass is 364 g/mol. The first kappa shape index (κ1) is 19.8. The predicted octanol–water partition coefficient (Wildman–Crippen LogP) is 1.26. The van der Waals surface area contributed by atoms with Crippen LogP contribution in [-0.2, 0) is 4.79 Å². The molecule has 1 amide bonds. The first-order valence-corrected chi connectivity index (χ1v) is 8.82. The molecule has 0 radical (unpaired) electrons. The van der Waals surface area contributed by atoms with E-state index in [9.17, 15) is 18.0 Å². The number of amides is 1. The van der Waals surface area contributed by atoms with Crippen molar-refractivity contribution in [2.75, 3.05) is 26.7 Å². The van der Waals surface area contributed by atoms with E-state index in [2.05, 4.69) is 15.6 Å². The van der Waals surface area contributed by atoms with Crippen molar-refractivity contribution >= 4 is 11.9 Å². The molecule has 2 aliphatic rings. The van der Waals surface area contributed by atoms with Crippen LogP contribution in [0.15, 0.2) is 4.99 Å². The van der Waals surface area contributed by atoms with Gasteiger partial charge in [0.2, 0.25) is 5.91 Å². The highest BCUT2D eigenvalue weighted by molar-refractivity contribution is 5.81.